The van der Waals surface area contributed by atoms with Crippen LogP contribution in [0.2, 0.25) is 0 Å². The van der Waals surface area contributed by atoms with Crippen molar-refractivity contribution < 1.29 is 19.8 Å². The predicted octanol–water partition coefficient (Wildman–Crippen LogP) is 0.738. The molecule has 0 amide bonds. The third-order valence-corrected chi connectivity index (χ3v) is 1.93. The Morgan fingerprint density at radius 1 is 1.33 bits per heavy atom. The summed E-state index contributed by atoms with van der Waals surface area (Å²) in [6, 6.07) is 0. The molecule has 0 fully saturated rings. The van der Waals surface area contributed by atoms with Crippen LogP contribution in [0.4, 0.5) is 0 Å². The van der Waals surface area contributed by atoms with Gasteiger partial charge in [-0.3, -0.25) is 9.59 Å². The predicted molar refractivity (Wildman–Crippen MR) is 40.6 cm³/mol. The van der Waals surface area contributed by atoms with Crippen molar-refractivity contribution in [2.45, 2.75) is 12.8 Å². The van der Waals surface area contributed by atoms with E-state index in [4.69, 9.17) is 10.2 Å². The van der Waals surface area contributed by atoms with E-state index in [0.717, 1.165) is 0 Å². The SMILES string of the molecule is O=C(O)CC1C=CC(C(=O)O)C1. The van der Waals surface area contributed by atoms with Gasteiger partial charge in [-0.2, -0.15) is 0 Å². The Bertz CT molecular complexity index is 231. The van der Waals surface area contributed by atoms with Gasteiger partial charge >= 0.3 is 11.9 Å². The number of carbonyl (C=O) groups is 2. The number of rotatable bonds is 3. The van der Waals surface area contributed by atoms with Crippen LogP contribution in [-0.2, 0) is 9.59 Å². The summed E-state index contributed by atoms with van der Waals surface area (Å²) in [5, 5.41) is 17.0. The van der Waals surface area contributed by atoms with Crippen molar-refractivity contribution in [2.24, 2.45) is 11.8 Å². The van der Waals surface area contributed by atoms with E-state index in [1.165, 1.54) is 0 Å². The highest BCUT2D eigenvalue weighted by molar-refractivity contribution is 5.73. The molecule has 2 atom stereocenters. The molecule has 0 aromatic rings. The van der Waals surface area contributed by atoms with Gasteiger partial charge in [-0.05, 0) is 12.3 Å². The van der Waals surface area contributed by atoms with Gasteiger partial charge < -0.3 is 10.2 Å². The summed E-state index contributed by atoms with van der Waals surface area (Å²) in [5.41, 5.74) is 0. The summed E-state index contributed by atoms with van der Waals surface area (Å²) in [6.07, 6.45) is 3.69. The summed E-state index contributed by atoms with van der Waals surface area (Å²) < 4.78 is 0. The highest BCUT2D eigenvalue weighted by Crippen LogP contribution is 2.25. The van der Waals surface area contributed by atoms with E-state index in [1.54, 1.807) is 12.2 Å². The lowest BCUT2D eigenvalue weighted by atomic mass is 10.0. The fourth-order valence-corrected chi connectivity index (χ4v) is 1.33. The lowest BCUT2D eigenvalue weighted by Gasteiger charge is -2.04. The zero-order valence-electron chi connectivity index (χ0n) is 6.43. The zero-order chi connectivity index (χ0) is 9.14. The van der Waals surface area contributed by atoms with Crippen LogP contribution in [0, 0.1) is 11.8 Å². The fourth-order valence-electron chi connectivity index (χ4n) is 1.33. The van der Waals surface area contributed by atoms with Gasteiger partial charge in [0.1, 0.15) is 0 Å². The van der Waals surface area contributed by atoms with Crippen LogP contribution in [-0.4, -0.2) is 22.2 Å². The molecule has 12 heavy (non-hydrogen) atoms. The van der Waals surface area contributed by atoms with Gasteiger partial charge in [-0.25, -0.2) is 0 Å². The van der Waals surface area contributed by atoms with Gasteiger partial charge in [-0.15, -0.1) is 0 Å². The highest BCUT2D eigenvalue weighted by Gasteiger charge is 2.25. The van der Waals surface area contributed by atoms with E-state index in [9.17, 15) is 9.59 Å². The zero-order valence-corrected chi connectivity index (χ0v) is 6.43. The van der Waals surface area contributed by atoms with Gasteiger partial charge in [0.2, 0.25) is 0 Å². The van der Waals surface area contributed by atoms with Crippen molar-refractivity contribution in [3.8, 4) is 0 Å². The molecule has 0 heterocycles. The average molecular weight is 170 g/mol. The Balaban J connectivity index is 2.42. The molecule has 4 nitrogen and oxygen atoms in total. The second-order valence-corrected chi connectivity index (χ2v) is 2.92. The van der Waals surface area contributed by atoms with Crippen LogP contribution >= 0.6 is 0 Å². The largest absolute Gasteiger partial charge is 0.481 e. The van der Waals surface area contributed by atoms with Crippen LogP contribution in [0.1, 0.15) is 12.8 Å². The number of hydrogen-bond donors (Lipinski definition) is 2. The molecule has 0 radical (unpaired) electrons. The minimum Gasteiger partial charge on any atom is -0.481 e. The molecule has 0 aromatic carbocycles. The second kappa shape index (κ2) is 3.38. The number of carboxylic acids is 2. The highest BCUT2D eigenvalue weighted by atomic mass is 16.4. The normalized spacial score (nSPS) is 27.3. The van der Waals surface area contributed by atoms with Gasteiger partial charge in [-0.1, -0.05) is 12.2 Å². The molecule has 0 saturated carbocycles. The number of aliphatic carboxylic acids is 2. The summed E-state index contributed by atoms with van der Waals surface area (Å²) in [5.74, 6) is -2.35. The maximum Gasteiger partial charge on any atom is 0.310 e. The van der Waals surface area contributed by atoms with Crippen molar-refractivity contribution >= 4 is 11.9 Å². The quantitative estimate of drug-likeness (QED) is 0.612. The number of hydrogen-bond acceptors (Lipinski definition) is 2. The minimum atomic E-state index is -0.879. The summed E-state index contributed by atoms with van der Waals surface area (Å²) in [6.45, 7) is 0. The first-order valence-electron chi connectivity index (χ1n) is 3.72. The Morgan fingerprint density at radius 3 is 2.42 bits per heavy atom. The molecule has 1 aliphatic carbocycles. The van der Waals surface area contributed by atoms with Crippen LogP contribution < -0.4 is 0 Å². The molecule has 2 unspecified atom stereocenters. The van der Waals surface area contributed by atoms with E-state index in [2.05, 4.69) is 0 Å². The maximum absolute atomic E-state index is 10.4. The van der Waals surface area contributed by atoms with Crippen LogP contribution in [0.15, 0.2) is 12.2 Å². The standard InChI is InChI=1S/C8H10O4/c9-7(10)4-5-1-2-6(3-5)8(11)12/h1-2,5-6H,3-4H2,(H,9,10)(H,11,12). The lowest BCUT2D eigenvalue weighted by Crippen LogP contribution is -2.11. The van der Waals surface area contributed by atoms with Crippen molar-refractivity contribution in [2.75, 3.05) is 0 Å². The summed E-state index contributed by atoms with van der Waals surface area (Å²) in [4.78, 5) is 20.7. The molecule has 2 N–H and O–H groups in total. The Morgan fingerprint density at radius 2 is 2.00 bits per heavy atom. The average Bonchev–Trinajstić information content (AvgIpc) is 2.34. The molecule has 0 bridgehead atoms. The molecule has 1 aliphatic rings. The molecule has 0 saturated heterocycles. The topological polar surface area (TPSA) is 74.6 Å². The Hall–Kier alpha value is -1.32. The Kier molecular flexibility index (Phi) is 2.47. The first kappa shape index (κ1) is 8.77. The van der Waals surface area contributed by atoms with E-state index in [-0.39, 0.29) is 12.3 Å². The second-order valence-electron chi connectivity index (χ2n) is 2.92. The summed E-state index contributed by atoms with van der Waals surface area (Å²) >= 11 is 0. The number of carboxylic acid groups (broad SMARTS) is 2. The first-order chi connectivity index (χ1) is 5.59. The van der Waals surface area contributed by atoms with Gasteiger partial charge in [0.05, 0.1) is 12.3 Å². The van der Waals surface area contributed by atoms with E-state index in [1.807, 2.05) is 0 Å². The molecule has 0 aliphatic heterocycles. The maximum atomic E-state index is 10.4. The van der Waals surface area contributed by atoms with Crippen LogP contribution in [0.25, 0.3) is 0 Å². The van der Waals surface area contributed by atoms with Crippen molar-refractivity contribution in [3.63, 3.8) is 0 Å². The third kappa shape index (κ3) is 2.08. The molecule has 4 heteroatoms. The number of allylic oxidation sites excluding steroid dienone is 1. The van der Waals surface area contributed by atoms with E-state index in [0.29, 0.717) is 6.42 Å². The van der Waals surface area contributed by atoms with E-state index < -0.39 is 17.9 Å². The van der Waals surface area contributed by atoms with Gasteiger partial charge in [0, 0.05) is 0 Å². The fraction of sp³-hybridized carbons (Fsp3) is 0.500. The van der Waals surface area contributed by atoms with Gasteiger partial charge in [0.15, 0.2) is 0 Å². The van der Waals surface area contributed by atoms with Crippen molar-refractivity contribution in [1.29, 1.82) is 0 Å². The van der Waals surface area contributed by atoms with Crippen molar-refractivity contribution in [1.82, 2.24) is 0 Å². The molecule has 0 spiro atoms. The Labute approximate surface area is 69.5 Å². The molecular formula is C8H10O4. The minimum absolute atomic E-state index is 0.0281. The monoisotopic (exact) mass is 170 g/mol. The lowest BCUT2D eigenvalue weighted by molar-refractivity contribution is -0.141. The van der Waals surface area contributed by atoms with Crippen molar-refractivity contribution in [3.05, 3.63) is 12.2 Å². The van der Waals surface area contributed by atoms with Crippen LogP contribution in [0.5, 0.6) is 0 Å². The van der Waals surface area contributed by atoms with Gasteiger partial charge in [0.25, 0.3) is 0 Å². The molecular weight excluding hydrogens is 160 g/mol. The molecule has 0 aromatic heterocycles. The molecule has 1 rings (SSSR count). The van der Waals surface area contributed by atoms with Crippen LogP contribution in [0.3, 0.4) is 0 Å². The first-order valence-corrected chi connectivity index (χ1v) is 3.72. The summed E-state index contributed by atoms with van der Waals surface area (Å²) in [7, 11) is 0. The van der Waals surface area contributed by atoms with E-state index >= 15 is 0 Å². The third-order valence-electron chi connectivity index (χ3n) is 1.93. The molecule has 66 valence electrons. The smallest absolute Gasteiger partial charge is 0.310 e.